The second kappa shape index (κ2) is 6.45. The van der Waals surface area contributed by atoms with Gasteiger partial charge in [-0.25, -0.2) is 0 Å². The van der Waals surface area contributed by atoms with Gasteiger partial charge < -0.3 is 9.30 Å². The lowest BCUT2D eigenvalue weighted by molar-refractivity contribution is 0.208. The van der Waals surface area contributed by atoms with Crippen LogP contribution in [0.1, 0.15) is 17.0 Å². The molecule has 0 saturated carbocycles. The minimum Gasteiger partial charge on any atom is -0.496 e. The molecule has 3 heterocycles. The Morgan fingerprint density at radius 2 is 2.17 bits per heavy atom. The maximum atomic E-state index is 5.50. The number of ether oxygens (including phenoxy) is 1. The molecule has 0 atom stereocenters. The van der Waals surface area contributed by atoms with Crippen molar-refractivity contribution >= 4 is 0 Å². The van der Waals surface area contributed by atoms with E-state index in [2.05, 4.69) is 36.9 Å². The van der Waals surface area contributed by atoms with E-state index in [4.69, 9.17) is 4.74 Å². The predicted molar refractivity (Wildman–Crippen MR) is 88.5 cm³/mol. The number of benzene rings is 1. The van der Waals surface area contributed by atoms with Crippen LogP contribution in [0.5, 0.6) is 5.75 Å². The van der Waals surface area contributed by atoms with E-state index in [1.165, 1.54) is 5.56 Å². The maximum absolute atomic E-state index is 5.50. The first-order valence-corrected chi connectivity index (χ1v) is 8.04. The lowest BCUT2D eigenvalue weighted by Crippen LogP contribution is -2.33. The van der Waals surface area contributed by atoms with Crippen LogP contribution in [0.2, 0.25) is 0 Å². The van der Waals surface area contributed by atoms with Crippen molar-refractivity contribution in [1.29, 1.82) is 0 Å². The zero-order valence-electron chi connectivity index (χ0n) is 13.7. The van der Waals surface area contributed by atoms with E-state index in [-0.39, 0.29) is 0 Å². The second-order valence-corrected chi connectivity index (χ2v) is 6.00. The minimum atomic E-state index is 0.707. The lowest BCUT2D eigenvalue weighted by Gasteiger charge is -2.27. The molecule has 1 aliphatic rings. The van der Waals surface area contributed by atoms with E-state index in [1.807, 2.05) is 29.3 Å². The van der Waals surface area contributed by atoms with Crippen LogP contribution >= 0.6 is 0 Å². The summed E-state index contributed by atoms with van der Waals surface area (Å²) in [5.74, 6) is 1.93. The van der Waals surface area contributed by atoms with Gasteiger partial charge in [0, 0.05) is 37.6 Å². The first-order valence-electron chi connectivity index (χ1n) is 8.04. The highest BCUT2D eigenvalue weighted by Gasteiger charge is 2.18. The summed E-state index contributed by atoms with van der Waals surface area (Å²) in [5, 5.41) is 12.5. The SMILES string of the molecule is COc1ccc(CN2CCn3cnnc3C2)cc1Cn1cccn1. The molecule has 0 aliphatic carbocycles. The highest BCUT2D eigenvalue weighted by Crippen LogP contribution is 2.22. The van der Waals surface area contributed by atoms with E-state index in [0.29, 0.717) is 6.54 Å². The molecule has 24 heavy (non-hydrogen) atoms. The average Bonchev–Trinajstić information content (AvgIpc) is 3.26. The Bertz CT molecular complexity index is 810. The Labute approximate surface area is 140 Å². The maximum Gasteiger partial charge on any atom is 0.147 e. The van der Waals surface area contributed by atoms with Gasteiger partial charge in [0.2, 0.25) is 0 Å². The summed E-state index contributed by atoms with van der Waals surface area (Å²) < 4.78 is 9.53. The monoisotopic (exact) mass is 324 g/mol. The fraction of sp³-hybridized carbons (Fsp3) is 0.353. The molecular formula is C17H20N6O. The predicted octanol–water partition coefficient (Wildman–Crippen LogP) is 1.55. The van der Waals surface area contributed by atoms with Crippen LogP contribution in [-0.4, -0.2) is 43.1 Å². The Morgan fingerprint density at radius 1 is 1.21 bits per heavy atom. The summed E-state index contributed by atoms with van der Waals surface area (Å²) in [6.45, 7) is 4.38. The second-order valence-electron chi connectivity index (χ2n) is 6.00. The minimum absolute atomic E-state index is 0.707. The number of methoxy groups -OCH3 is 1. The molecule has 7 heteroatoms. The summed E-state index contributed by atoms with van der Waals surface area (Å²) in [6, 6.07) is 8.31. The van der Waals surface area contributed by atoms with E-state index in [9.17, 15) is 0 Å². The first-order chi connectivity index (χ1) is 11.8. The summed E-state index contributed by atoms with van der Waals surface area (Å²) in [6.07, 6.45) is 5.56. The molecule has 0 amide bonds. The summed E-state index contributed by atoms with van der Waals surface area (Å²) in [7, 11) is 1.71. The normalized spacial score (nSPS) is 14.5. The van der Waals surface area contributed by atoms with Gasteiger partial charge in [0.05, 0.1) is 20.2 Å². The molecule has 0 spiro atoms. The van der Waals surface area contributed by atoms with Crippen molar-refractivity contribution in [1.82, 2.24) is 29.4 Å². The van der Waals surface area contributed by atoms with E-state index < -0.39 is 0 Å². The van der Waals surface area contributed by atoms with Crippen LogP contribution in [0.3, 0.4) is 0 Å². The number of rotatable bonds is 5. The molecule has 0 fully saturated rings. The molecule has 0 radical (unpaired) electrons. The van der Waals surface area contributed by atoms with Crippen molar-refractivity contribution in [2.45, 2.75) is 26.2 Å². The number of fused-ring (bicyclic) bond motifs is 1. The van der Waals surface area contributed by atoms with Gasteiger partial charge in [-0.05, 0) is 23.8 Å². The van der Waals surface area contributed by atoms with E-state index >= 15 is 0 Å². The highest BCUT2D eigenvalue weighted by atomic mass is 16.5. The lowest BCUT2D eigenvalue weighted by atomic mass is 10.1. The van der Waals surface area contributed by atoms with Crippen molar-refractivity contribution in [3.8, 4) is 5.75 Å². The third kappa shape index (κ3) is 3.03. The van der Waals surface area contributed by atoms with Crippen molar-refractivity contribution in [3.63, 3.8) is 0 Å². The van der Waals surface area contributed by atoms with Gasteiger partial charge in [-0.2, -0.15) is 5.10 Å². The molecule has 0 N–H and O–H groups in total. The zero-order chi connectivity index (χ0) is 16.4. The van der Waals surface area contributed by atoms with E-state index in [0.717, 1.165) is 43.3 Å². The molecule has 1 aliphatic heterocycles. The number of aromatic nitrogens is 5. The molecule has 0 saturated heterocycles. The van der Waals surface area contributed by atoms with Gasteiger partial charge >= 0.3 is 0 Å². The molecule has 2 aromatic heterocycles. The summed E-state index contributed by atoms with van der Waals surface area (Å²) in [5.41, 5.74) is 2.41. The fourth-order valence-electron chi connectivity index (χ4n) is 3.13. The van der Waals surface area contributed by atoms with Crippen molar-refractivity contribution in [2.24, 2.45) is 0 Å². The topological polar surface area (TPSA) is 61.0 Å². The van der Waals surface area contributed by atoms with Crippen molar-refractivity contribution < 1.29 is 4.74 Å². The van der Waals surface area contributed by atoms with Crippen LogP contribution < -0.4 is 4.74 Å². The molecule has 3 aromatic rings. The Kier molecular flexibility index (Phi) is 4.00. The summed E-state index contributed by atoms with van der Waals surface area (Å²) in [4.78, 5) is 2.39. The van der Waals surface area contributed by atoms with Gasteiger partial charge in [-0.1, -0.05) is 6.07 Å². The fourth-order valence-corrected chi connectivity index (χ4v) is 3.13. The molecule has 0 unspecified atom stereocenters. The summed E-state index contributed by atoms with van der Waals surface area (Å²) >= 11 is 0. The van der Waals surface area contributed by atoms with Gasteiger partial charge in [-0.3, -0.25) is 9.58 Å². The van der Waals surface area contributed by atoms with Crippen LogP contribution in [-0.2, 0) is 26.2 Å². The molecule has 7 nitrogen and oxygen atoms in total. The molecule has 124 valence electrons. The van der Waals surface area contributed by atoms with Crippen LogP contribution in [0.4, 0.5) is 0 Å². The standard InChI is InChI=1S/C17H20N6O/c1-24-16-4-3-14(9-15(16)11-23-6-2-5-19-23)10-21-7-8-22-13-18-20-17(22)12-21/h2-6,9,13H,7-8,10-12H2,1H3. The largest absolute Gasteiger partial charge is 0.496 e. The molecule has 1 aromatic carbocycles. The molecule has 4 rings (SSSR count). The van der Waals surface area contributed by atoms with E-state index in [1.54, 1.807) is 13.3 Å². The number of hydrogen-bond acceptors (Lipinski definition) is 5. The van der Waals surface area contributed by atoms with Gasteiger partial charge in [-0.15, -0.1) is 10.2 Å². The van der Waals surface area contributed by atoms with Crippen LogP contribution in [0, 0.1) is 0 Å². The number of hydrogen-bond donors (Lipinski definition) is 0. The highest BCUT2D eigenvalue weighted by molar-refractivity contribution is 5.37. The average molecular weight is 324 g/mol. The Hall–Kier alpha value is -2.67. The van der Waals surface area contributed by atoms with Crippen LogP contribution in [0.25, 0.3) is 0 Å². The molecule has 0 bridgehead atoms. The third-order valence-corrected chi connectivity index (χ3v) is 4.36. The van der Waals surface area contributed by atoms with Gasteiger partial charge in [0.15, 0.2) is 0 Å². The van der Waals surface area contributed by atoms with Gasteiger partial charge in [0.25, 0.3) is 0 Å². The smallest absolute Gasteiger partial charge is 0.147 e. The third-order valence-electron chi connectivity index (χ3n) is 4.36. The Morgan fingerprint density at radius 3 is 3.00 bits per heavy atom. The molecular weight excluding hydrogens is 304 g/mol. The van der Waals surface area contributed by atoms with Gasteiger partial charge in [0.1, 0.15) is 17.9 Å². The first kappa shape index (κ1) is 14.9. The van der Waals surface area contributed by atoms with Crippen LogP contribution in [0.15, 0.2) is 43.0 Å². The zero-order valence-corrected chi connectivity index (χ0v) is 13.7. The Balaban J connectivity index is 1.51. The van der Waals surface area contributed by atoms with Crippen molar-refractivity contribution in [3.05, 3.63) is 59.9 Å². The quantitative estimate of drug-likeness (QED) is 0.712. The number of nitrogens with zero attached hydrogens (tertiary/aromatic N) is 6. The van der Waals surface area contributed by atoms with Crippen molar-refractivity contribution in [2.75, 3.05) is 13.7 Å².